The minimum Gasteiger partial charge on any atom is -0.756 e. The van der Waals surface area contributed by atoms with Crippen LogP contribution in [0, 0.1) is 0 Å². The summed E-state index contributed by atoms with van der Waals surface area (Å²) in [6, 6.07) is -0.925. The van der Waals surface area contributed by atoms with E-state index in [4.69, 9.17) is 13.8 Å². The molecule has 0 aromatic carbocycles. The van der Waals surface area contributed by atoms with Crippen LogP contribution in [-0.2, 0) is 27.9 Å². The maximum atomic E-state index is 13.4. The molecule has 3 unspecified atom stereocenters. The lowest BCUT2D eigenvalue weighted by Crippen LogP contribution is -2.47. The Morgan fingerprint density at radius 1 is 0.537 bits per heavy atom. The number of rotatable bonds is 46. The van der Waals surface area contributed by atoms with Crippen molar-refractivity contribution in [1.82, 2.24) is 5.32 Å². The summed E-state index contributed by atoms with van der Waals surface area (Å²) in [5.74, 6) is -0.660. The Bertz CT molecular complexity index is 1470. The van der Waals surface area contributed by atoms with Gasteiger partial charge in [-0.1, -0.05) is 195 Å². The van der Waals surface area contributed by atoms with Gasteiger partial charge in [0, 0.05) is 12.8 Å². The molecule has 0 saturated heterocycles. The van der Waals surface area contributed by atoms with Crippen molar-refractivity contribution in [2.24, 2.45) is 0 Å². The van der Waals surface area contributed by atoms with Gasteiger partial charge in [-0.3, -0.25) is 14.2 Å². The summed E-state index contributed by atoms with van der Waals surface area (Å²) in [6.45, 7) is 6.59. The van der Waals surface area contributed by atoms with Crippen molar-refractivity contribution < 1.29 is 37.3 Å². The molecule has 0 rings (SSSR count). The molecule has 0 radical (unpaired) electrons. The van der Waals surface area contributed by atoms with Gasteiger partial charge < -0.3 is 28.5 Å². The number of carbonyl (C=O) groups excluding carboxylic acids is 2. The molecule has 0 bridgehead atoms. The van der Waals surface area contributed by atoms with E-state index < -0.39 is 32.5 Å². The van der Waals surface area contributed by atoms with E-state index >= 15 is 0 Å². The van der Waals surface area contributed by atoms with Gasteiger partial charge in [-0.05, 0) is 89.5 Å². The minimum absolute atomic E-state index is 0.0396. The number of carbonyl (C=O) groups is 2. The van der Waals surface area contributed by atoms with E-state index in [-0.39, 0.29) is 25.4 Å². The van der Waals surface area contributed by atoms with Crippen LogP contribution in [0.15, 0.2) is 97.2 Å². The molecule has 0 heterocycles. The molecule has 0 fully saturated rings. The number of unbranched alkanes of at least 4 members (excludes halogenated alkanes) is 16. The summed E-state index contributed by atoms with van der Waals surface area (Å²) in [4.78, 5) is 39.6. The topological polar surface area (TPSA) is 114 Å². The molecule has 0 aromatic heterocycles. The predicted octanol–water partition coefficient (Wildman–Crippen LogP) is 15.0. The van der Waals surface area contributed by atoms with E-state index in [0.29, 0.717) is 23.9 Å². The van der Waals surface area contributed by atoms with E-state index in [1.54, 1.807) is 6.08 Å². The fourth-order valence-corrected chi connectivity index (χ4v) is 7.60. The molecule has 0 spiro atoms. The highest BCUT2D eigenvalue weighted by Gasteiger charge is 2.27. The van der Waals surface area contributed by atoms with Crippen LogP contribution in [0.5, 0.6) is 0 Å². The molecule has 0 aliphatic carbocycles. The molecule has 384 valence electrons. The van der Waals surface area contributed by atoms with Crippen LogP contribution < -0.4 is 10.2 Å². The number of nitrogens with one attached hydrogen (secondary N) is 1. The lowest BCUT2D eigenvalue weighted by molar-refractivity contribution is -0.870. The van der Waals surface area contributed by atoms with Crippen molar-refractivity contribution in [2.75, 3.05) is 40.9 Å². The third kappa shape index (κ3) is 47.8. The highest BCUT2D eigenvalue weighted by atomic mass is 31.2. The molecule has 1 N–H and O–H groups in total. The zero-order valence-corrected chi connectivity index (χ0v) is 44.5. The van der Waals surface area contributed by atoms with E-state index in [1.165, 1.54) is 57.8 Å². The Balaban J connectivity index is 5.50. The number of amides is 1. The van der Waals surface area contributed by atoms with Crippen LogP contribution in [0.4, 0.5) is 0 Å². The number of ether oxygens (including phenoxy) is 1. The second kappa shape index (κ2) is 46.6. The van der Waals surface area contributed by atoms with Crippen molar-refractivity contribution in [3.63, 3.8) is 0 Å². The average molecular weight is 955 g/mol. The molecule has 0 aliphatic heterocycles. The van der Waals surface area contributed by atoms with Gasteiger partial charge in [0.25, 0.3) is 7.82 Å². The lowest BCUT2D eigenvalue weighted by Gasteiger charge is -2.30. The van der Waals surface area contributed by atoms with E-state index in [1.807, 2.05) is 39.4 Å². The third-order valence-corrected chi connectivity index (χ3v) is 12.0. The highest BCUT2D eigenvalue weighted by Crippen LogP contribution is 2.38. The van der Waals surface area contributed by atoms with Crippen LogP contribution in [0.25, 0.3) is 0 Å². The molecular formula is C57H99N2O7P. The third-order valence-electron chi connectivity index (χ3n) is 11.0. The van der Waals surface area contributed by atoms with Crippen molar-refractivity contribution in [3.8, 4) is 0 Å². The second-order valence-electron chi connectivity index (χ2n) is 18.6. The lowest BCUT2D eigenvalue weighted by atomic mass is 10.1. The number of hydrogen-bond acceptors (Lipinski definition) is 7. The normalized spacial score (nSPS) is 14.7. The molecule has 0 aliphatic rings. The Hall–Kier alpha value is -3.07. The number of allylic oxidation sites excluding steroid dienone is 15. The zero-order valence-electron chi connectivity index (χ0n) is 43.6. The van der Waals surface area contributed by atoms with Crippen LogP contribution in [0.2, 0.25) is 0 Å². The monoisotopic (exact) mass is 955 g/mol. The Kier molecular flexibility index (Phi) is 44.5. The number of nitrogens with zero attached hydrogens (tertiary/aromatic N) is 1. The van der Waals surface area contributed by atoms with Crippen LogP contribution in [0.3, 0.4) is 0 Å². The largest absolute Gasteiger partial charge is 0.756 e. The summed E-state index contributed by atoms with van der Waals surface area (Å²) >= 11 is 0. The molecule has 9 nitrogen and oxygen atoms in total. The summed E-state index contributed by atoms with van der Waals surface area (Å²) in [7, 11) is 1.13. The fourth-order valence-electron chi connectivity index (χ4n) is 6.88. The molecule has 3 atom stereocenters. The molecule has 0 aromatic rings. The quantitative estimate of drug-likeness (QED) is 0.0212. The first-order valence-corrected chi connectivity index (χ1v) is 28.0. The van der Waals surface area contributed by atoms with Crippen molar-refractivity contribution >= 4 is 19.7 Å². The summed E-state index contributed by atoms with van der Waals surface area (Å²) < 4.78 is 30.0. The number of quaternary nitrogens is 1. The van der Waals surface area contributed by atoms with Gasteiger partial charge in [-0.25, -0.2) is 0 Å². The first-order valence-electron chi connectivity index (χ1n) is 26.5. The first kappa shape index (κ1) is 63.9. The van der Waals surface area contributed by atoms with Gasteiger partial charge in [0.05, 0.1) is 33.8 Å². The van der Waals surface area contributed by atoms with Crippen molar-refractivity contribution in [2.45, 2.75) is 213 Å². The molecule has 10 heteroatoms. The Morgan fingerprint density at radius 3 is 1.51 bits per heavy atom. The predicted molar refractivity (Wildman–Crippen MR) is 284 cm³/mol. The summed E-state index contributed by atoms with van der Waals surface area (Å²) in [6.07, 6.45) is 61.1. The number of phosphoric acid groups is 1. The van der Waals surface area contributed by atoms with Gasteiger partial charge in [0.1, 0.15) is 19.3 Å². The van der Waals surface area contributed by atoms with Crippen molar-refractivity contribution in [1.29, 1.82) is 0 Å². The Morgan fingerprint density at radius 2 is 0.985 bits per heavy atom. The fraction of sp³-hybridized carbons (Fsp3) is 0.684. The van der Waals surface area contributed by atoms with E-state index in [2.05, 4.69) is 99.0 Å². The SMILES string of the molecule is CC/C=C\C/C=C\C/C=C\C/C=C\C/C=C\C/C=C\CCC(=O)OC(/C=C\CCCCCCCCCCC)C(COP(=O)([O-])OCC[N+](C)(C)C)NC(=O)CCCCCCC/C=C\CCCC. The van der Waals surface area contributed by atoms with Crippen molar-refractivity contribution in [3.05, 3.63) is 97.2 Å². The number of phosphoric ester groups is 1. The maximum Gasteiger partial charge on any atom is 0.306 e. The van der Waals surface area contributed by atoms with Crippen LogP contribution in [0.1, 0.15) is 201 Å². The van der Waals surface area contributed by atoms with E-state index in [9.17, 15) is 19.0 Å². The Labute approximate surface area is 411 Å². The van der Waals surface area contributed by atoms with E-state index in [0.717, 1.165) is 96.3 Å². The number of esters is 1. The standard InChI is InChI=1S/C57H99N2O7P/c1-7-10-13-16-19-22-25-26-27-28-29-30-31-32-35-38-41-44-47-50-57(61)66-55(48-45-42-39-36-33-23-20-17-14-11-8-2)54(53-65-67(62,63)64-52-51-59(4,5)6)58-56(60)49-46-43-40-37-34-24-21-18-15-12-9-3/h10,13,18-19,21-22,26-27,29-30,32,35,41,44-45,48,54-55H,7-9,11-12,14-17,20,23-25,28,31,33-34,36-40,42-43,46-47,49-53H2,1-6H3,(H-,58,60,62,63)/b13-10-,21-18-,22-19-,27-26-,30-29-,35-32-,44-41-,48-45-. The van der Waals surface area contributed by atoms with Gasteiger partial charge >= 0.3 is 5.97 Å². The van der Waals surface area contributed by atoms with Gasteiger partial charge in [0.15, 0.2) is 0 Å². The van der Waals surface area contributed by atoms with Gasteiger partial charge in [-0.2, -0.15) is 0 Å². The molecule has 1 amide bonds. The smallest absolute Gasteiger partial charge is 0.306 e. The number of likely N-dealkylation sites (N-methyl/N-ethyl adjacent to an activating group) is 1. The molecular weight excluding hydrogens is 856 g/mol. The van der Waals surface area contributed by atoms with Crippen LogP contribution in [-0.4, -0.2) is 69.4 Å². The molecule has 67 heavy (non-hydrogen) atoms. The zero-order chi connectivity index (χ0) is 49.4. The van der Waals surface area contributed by atoms with Crippen LogP contribution >= 0.6 is 7.82 Å². The highest BCUT2D eigenvalue weighted by molar-refractivity contribution is 7.45. The minimum atomic E-state index is -4.71. The maximum absolute atomic E-state index is 13.4. The molecule has 0 saturated carbocycles. The second-order valence-corrected chi connectivity index (χ2v) is 20.0. The summed E-state index contributed by atoms with van der Waals surface area (Å²) in [5.41, 5.74) is 0. The number of hydrogen-bond donors (Lipinski definition) is 1. The first-order chi connectivity index (χ1) is 32.4. The van der Waals surface area contributed by atoms with Gasteiger partial charge in [-0.15, -0.1) is 0 Å². The van der Waals surface area contributed by atoms with Gasteiger partial charge in [0.2, 0.25) is 5.91 Å². The average Bonchev–Trinajstić information content (AvgIpc) is 3.28. The summed E-state index contributed by atoms with van der Waals surface area (Å²) in [5, 5.41) is 2.98.